The van der Waals surface area contributed by atoms with E-state index in [0.717, 1.165) is 5.56 Å². The van der Waals surface area contributed by atoms with E-state index in [1.165, 1.54) is 0 Å². The first-order valence-corrected chi connectivity index (χ1v) is 10.4. The number of hydrogen-bond acceptors (Lipinski definition) is 4. The number of amides is 1. The number of halogens is 1. The van der Waals surface area contributed by atoms with Gasteiger partial charge in [0, 0.05) is 36.0 Å². The number of nitrogens with zero attached hydrogens (tertiary/aromatic N) is 1. The fourth-order valence-corrected chi connectivity index (χ4v) is 4.15. The van der Waals surface area contributed by atoms with Crippen molar-refractivity contribution >= 4 is 23.3 Å². The van der Waals surface area contributed by atoms with Crippen LogP contribution in [0.2, 0.25) is 5.02 Å². The van der Waals surface area contributed by atoms with Crippen LogP contribution in [0.15, 0.2) is 42.5 Å². The molecule has 6 heteroatoms. The molecule has 152 valence electrons. The van der Waals surface area contributed by atoms with Crippen molar-refractivity contribution in [1.29, 1.82) is 0 Å². The number of benzene rings is 2. The molecule has 0 unspecified atom stereocenters. The van der Waals surface area contributed by atoms with Crippen molar-refractivity contribution in [1.82, 2.24) is 4.90 Å². The Kier molecular flexibility index (Phi) is 6.05. The molecular weight excluding hydrogens is 390 g/mol. The molecule has 0 spiro atoms. The minimum Gasteiger partial charge on any atom is -0.486 e. The summed E-state index contributed by atoms with van der Waals surface area (Å²) in [5.41, 5.74) is 1.64. The number of aryl methyl sites for hydroxylation is 1. The molecule has 1 amide bonds. The summed E-state index contributed by atoms with van der Waals surface area (Å²) in [6, 6.07) is 13.0. The molecule has 4 rings (SSSR count). The van der Waals surface area contributed by atoms with Gasteiger partial charge in [-0.15, -0.1) is 0 Å². The number of Topliss-reactive ketones (excluding diaryl/α,β-unsaturated/α-hetero) is 1. The quantitative estimate of drug-likeness (QED) is 0.690. The fraction of sp³-hybridized carbons (Fsp3) is 0.391. The van der Waals surface area contributed by atoms with Crippen LogP contribution >= 0.6 is 11.6 Å². The van der Waals surface area contributed by atoms with Crippen LogP contribution in [0.1, 0.15) is 35.2 Å². The van der Waals surface area contributed by atoms with Crippen molar-refractivity contribution < 1.29 is 19.1 Å². The van der Waals surface area contributed by atoms with Crippen LogP contribution in [0.25, 0.3) is 0 Å². The van der Waals surface area contributed by atoms with Crippen LogP contribution in [0, 0.1) is 5.92 Å². The summed E-state index contributed by atoms with van der Waals surface area (Å²) < 4.78 is 11.1. The minimum atomic E-state index is -0.0647. The monoisotopic (exact) mass is 413 g/mol. The van der Waals surface area contributed by atoms with E-state index in [0.29, 0.717) is 74.1 Å². The second-order valence-corrected chi connectivity index (χ2v) is 7.88. The molecule has 2 aromatic rings. The summed E-state index contributed by atoms with van der Waals surface area (Å²) in [6.07, 6.45) is 2.44. The van der Waals surface area contributed by atoms with E-state index in [-0.39, 0.29) is 17.6 Å². The van der Waals surface area contributed by atoms with Gasteiger partial charge in [-0.25, -0.2) is 0 Å². The van der Waals surface area contributed by atoms with Crippen molar-refractivity contribution in [2.45, 2.75) is 25.7 Å². The Morgan fingerprint density at radius 1 is 1.00 bits per heavy atom. The number of ketones is 1. The van der Waals surface area contributed by atoms with Crippen LogP contribution in [0.5, 0.6) is 11.5 Å². The van der Waals surface area contributed by atoms with E-state index in [1.807, 2.05) is 29.2 Å². The van der Waals surface area contributed by atoms with Gasteiger partial charge in [-0.3, -0.25) is 9.59 Å². The highest BCUT2D eigenvalue weighted by Crippen LogP contribution is 2.32. The molecule has 2 aromatic carbocycles. The Bertz CT molecular complexity index is 906. The number of hydrogen-bond donors (Lipinski definition) is 0. The Balaban J connectivity index is 1.30. The molecule has 0 saturated carbocycles. The Morgan fingerprint density at radius 3 is 2.48 bits per heavy atom. The van der Waals surface area contributed by atoms with Gasteiger partial charge in [-0.05, 0) is 49.1 Å². The van der Waals surface area contributed by atoms with Crippen LogP contribution < -0.4 is 9.47 Å². The third kappa shape index (κ3) is 4.56. The summed E-state index contributed by atoms with van der Waals surface area (Å²) in [5, 5.41) is 0.698. The first kappa shape index (κ1) is 19.8. The lowest BCUT2D eigenvalue weighted by Crippen LogP contribution is -2.40. The van der Waals surface area contributed by atoms with Gasteiger partial charge in [0.15, 0.2) is 17.3 Å². The number of carbonyl (C=O) groups excluding carboxylic acids is 2. The minimum absolute atomic E-state index is 0.0647. The van der Waals surface area contributed by atoms with Crippen molar-refractivity contribution in [3.8, 4) is 11.5 Å². The van der Waals surface area contributed by atoms with Crippen molar-refractivity contribution in [3.63, 3.8) is 0 Å². The van der Waals surface area contributed by atoms with Gasteiger partial charge in [0.1, 0.15) is 13.2 Å². The second kappa shape index (κ2) is 8.87. The summed E-state index contributed by atoms with van der Waals surface area (Å²) in [7, 11) is 0. The predicted molar refractivity (Wildman–Crippen MR) is 111 cm³/mol. The lowest BCUT2D eigenvalue weighted by molar-refractivity contribution is -0.132. The average Bonchev–Trinajstić information content (AvgIpc) is 2.77. The maximum absolute atomic E-state index is 12.9. The zero-order valence-corrected chi connectivity index (χ0v) is 17.0. The molecule has 5 nitrogen and oxygen atoms in total. The Hall–Kier alpha value is -2.53. The Labute approximate surface area is 175 Å². The molecule has 0 radical (unpaired) electrons. The number of fused-ring (bicyclic) bond motifs is 1. The second-order valence-electron chi connectivity index (χ2n) is 7.47. The molecule has 0 aromatic heterocycles. The third-order valence-electron chi connectivity index (χ3n) is 5.61. The first-order valence-electron chi connectivity index (χ1n) is 10.1. The summed E-state index contributed by atoms with van der Waals surface area (Å²) >= 11 is 6.17. The van der Waals surface area contributed by atoms with Crippen LogP contribution in [-0.4, -0.2) is 42.9 Å². The van der Waals surface area contributed by atoms with Crippen LogP contribution in [0.4, 0.5) is 0 Å². The van der Waals surface area contributed by atoms with E-state index in [9.17, 15) is 9.59 Å². The highest BCUT2D eigenvalue weighted by atomic mass is 35.5. The molecule has 2 heterocycles. The molecule has 0 N–H and O–H groups in total. The average molecular weight is 414 g/mol. The van der Waals surface area contributed by atoms with Gasteiger partial charge >= 0.3 is 0 Å². The topological polar surface area (TPSA) is 55.8 Å². The molecule has 2 aliphatic heterocycles. The predicted octanol–water partition coefficient (Wildman–Crippen LogP) is 4.17. The zero-order chi connectivity index (χ0) is 20.2. The van der Waals surface area contributed by atoms with E-state index >= 15 is 0 Å². The molecule has 2 aliphatic rings. The molecular formula is C23H24ClNO4. The lowest BCUT2D eigenvalue weighted by atomic mass is 9.88. The fourth-order valence-electron chi connectivity index (χ4n) is 3.92. The summed E-state index contributed by atoms with van der Waals surface area (Å²) in [5.74, 6) is 1.49. The maximum Gasteiger partial charge on any atom is 0.222 e. The zero-order valence-electron chi connectivity index (χ0n) is 16.2. The molecule has 0 aliphatic carbocycles. The first-order chi connectivity index (χ1) is 14.1. The number of rotatable bonds is 5. The van der Waals surface area contributed by atoms with E-state index in [4.69, 9.17) is 21.1 Å². The molecule has 0 atom stereocenters. The van der Waals surface area contributed by atoms with Crippen LogP contribution in [-0.2, 0) is 11.2 Å². The maximum atomic E-state index is 12.9. The highest BCUT2D eigenvalue weighted by Gasteiger charge is 2.28. The van der Waals surface area contributed by atoms with Crippen molar-refractivity contribution in [2.24, 2.45) is 5.92 Å². The van der Waals surface area contributed by atoms with Gasteiger partial charge in [-0.1, -0.05) is 29.8 Å². The smallest absolute Gasteiger partial charge is 0.222 e. The molecule has 29 heavy (non-hydrogen) atoms. The third-order valence-corrected chi connectivity index (χ3v) is 5.98. The molecule has 0 bridgehead atoms. The van der Waals surface area contributed by atoms with Gasteiger partial charge in [0.25, 0.3) is 0 Å². The van der Waals surface area contributed by atoms with E-state index < -0.39 is 0 Å². The molecule has 1 saturated heterocycles. The van der Waals surface area contributed by atoms with E-state index in [2.05, 4.69) is 0 Å². The summed E-state index contributed by atoms with van der Waals surface area (Å²) in [6.45, 7) is 2.26. The highest BCUT2D eigenvalue weighted by molar-refractivity contribution is 6.31. The number of likely N-dealkylation sites (tertiary alicyclic amines) is 1. The van der Waals surface area contributed by atoms with Gasteiger partial charge in [0.2, 0.25) is 5.91 Å². The number of ether oxygens (including phenoxy) is 2. The number of piperidine rings is 1. The standard InChI is InChI=1S/C23H24ClNO4/c24-19-4-2-1-3-16(19)6-8-22(26)25-11-9-17(10-12-25)23(27)18-5-7-20-21(15-18)29-14-13-28-20/h1-5,7,15,17H,6,8-14H2. The normalized spacial score (nSPS) is 16.5. The Morgan fingerprint density at radius 2 is 1.72 bits per heavy atom. The van der Waals surface area contributed by atoms with Gasteiger partial charge in [-0.2, -0.15) is 0 Å². The summed E-state index contributed by atoms with van der Waals surface area (Å²) in [4.78, 5) is 27.3. The van der Waals surface area contributed by atoms with Crippen LogP contribution in [0.3, 0.4) is 0 Å². The van der Waals surface area contributed by atoms with Gasteiger partial charge < -0.3 is 14.4 Å². The van der Waals surface area contributed by atoms with Crippen molar-refractivity contribution in [3.05, 3.63) is 58.6 Å². The SMILES string of the molecule is O=C(c1ccc2c(c1)OCCO2)C1CCN(C(=O)CCc2ccccc2Cl)CC1. The largest absolute Gasteiger partial charge is 0.486 e. The van der Waals surface area contributed by atoms with E-state index in [1.54, 1.807) is 18.2 Å². The number of carbonyl (C=O) groups is 2. The van der Waals surface area contributed by atoms with Gasteiger partial charge in [0.05, 0.1) is 0 Å². The van der Waals surface area contributed by atoms with Crippen molar-refractivity contribution in [2.75, 3.05) is 26.3 Å². The molecule has 1 fully saturated rings. The lowest BCUT2D eigenvalue weighted by Gasteiger charge is -2.31.